The van der Waals surface area contributed by atoms with Crippen molar-refractivity contribution >= 4 is 21.6 Å². The van der Waals surface area contributed by atoms with E-state index in [0.717, 1.165) is 20.8 Å². The van der Waals surface area contributed by atoms with Gasteiger partial charge in [-0.05, 0) is 36.2 Å². The number of nitrogens with two attached hydrogens (primary N) is 1. The summed E-state index contributed by atoms with van der Waals surface area (Å²) in [6.45, 7) is 0. The number of benzene rings is 2. The van der Waals surface area contributed by atoms with Crippen molar-refractivity contribution in [1.29, 1.82) is 5.26 Å². The number of nitriles is 1. The molecule has 104 valence electrons. The lowest BCUT2D eigenvalue weighted by Gasteiger charge is -2.08. The molecule has 0 radical (unpaired) electrons. The van der Waals surface area contributed by atoms with Crippen LogP contribution in [0.5, 0.6) is 0 Å². The van der Waals surface area contributed by atoms with Crippen molar-refractivity contribution in [2.24, 2.45) is 5.73 Å². The van der Waals surface area contributed by atoms with Crippen LogP contribution in [0.3, 0.4) is 0 Å². The fourth-order valence-electron chi connectivity index (χ4n) is 2.17. The third-order valence-corrected chi connectivity index (χ3v) is 4.40. The van der Waals surface area contributed by atoms with Gasteiger partial charge in [-0.3, -0.25) is 0 Å². The van der Waals surface area contributed by atoms with Gasteiger partial charge in [0.2, 0.25) is 0 Å². The monoisotopic (exact) mass is 297 g/mol. The molecule has 0 saturated heterocycles. The molecule has 2 N–H and O–H groups in total. The molecular weight excluding hydrogens is 285 g/mol. The van der Waals surface area contributed by atoms with Gasteiger partial charge in [0.05, 0.1) is 21.8 Å². The topological polar surface area (TPSA) is 62.7 Å². The number of rotatable bonds is 3. The van der Waals surface area contributed by atoms with E-state index < -0.39 is 5.82 Å². The van der Waals surface area contributed by atoms with E-state index in [2.05, 4.69) is 4.98 Å². The van der Waals surface area contributed by atoms with E-state index in [1.54, 1.807) is 23.5 Å². The van der Waals surface area contributed by atoms with Gasteiger partial charge >= 0.3 is 0 Å². The number of hydrogen-bond acceptors (Lipinski definition) is 4. The predicted octanol–water partition coefficient (Wildman–Crippen LogP) is 3.55. The second-order valence-electron chi connectivity index (χ2n) is 4.76. The summed E-state index contributed by atoms with van der Waals surface area (Å²) in [4.78, 5) is 4.52. The quantitative estimate of drug-likeness (QED) is 0.804. The van der Waals surface area contributed by atoms with E-state index in [9.17, 15) is 4.39 Å². The molecule has 1 atom stereocenters. The van der Waals surface area contributed by atoms with Crippen molar-refractivity contribution in [3.8, 4) is 6.07 Å². The Balaban J connectivity index is 1.86. The average Bonchev–Trinajstić information content (AvgIpc) is 2.93. The second kappa shape index (κ2) is 5.60. The summed E-state index contributed by atoms with van der Waals surface area (Å²) in [6.07, 6.45) is 0.523. The minimum atomic E-state index is -0.505. The van der Waals surface area contributed by atoms with Crippen LogP contribution in [0.1, 0.15) is 22.2 Å². The van der Waals surface area contributed by atoms with E-state index in [-0.39, 0.29) is 11.6 Å². The van der Waals surface area contributed by atoms with Gasteiger partial charge in [0.15, 0.2) is 0 Å². The highest BCUT2D eigenvalue weighted by molar-refractivity contribution is 7.18. The Hall–Kier alpha value is -2.29. The number of fused-ring (bicyclic) bond motifs is 1. The Labute approximate surface area is 125 Å². The molecule has 0 aliphatic carbocycles. The summed E-state index contributed by atoms with van der Waals surface area (Å²) in [5.41, 5.74) is 8.01. The van der Waals surface area contributed by atoms with Crippen LogP contribution >= 0.6 is 11.3 Å². The molecule has 0 amide bonds. The number of halogens is 1. The molecule has 0 fully saturated rings. The summed E-state index contributed by atoms with van der Waals surface area (Å²) in [5.74, 6) is -0.505. The van der Waals surface area contributed by atoms with Gasteiger partial charge in [0.25, 0.3) is 0 Å². The second-order valence-corrected chi connectivity index (χ2v) is 5.82. The molecular formula is C16H12FN3S. The normalized spacial score (nSPS) is 12.2. The molecule has 3 rings (SSSR count). The average molecular weight is 297 g/mol. The molecule has 0 aliphatic rings. The van der Waals surface area contributed by atoms with Gasteiger partial charge in [-0.1, -0.05) is 18.2 Å². The summed E-state index contributed by atoms with van der Waals surface area (Å²) >= 11 is 1.56. The molecule has 3 aromatic rings. The van der Waals surface area contributed by atoms with Gasteiger partial charge in [-0.2, -0.15) is 5.26 Å². The highest BCUT2D eigenvalue weighted by Crippen LogP contribution is 2.27. The third kappa shape index (κ3) is 2.77. The van der Waals surface area contributed by atoms with Crippen LogP contribution in [-0.4, -0.2) is 4.98 Å². The first-order valence-corrected chi connectivity index (χ1v) is 7.28. The largest absolute Gasteiger partial charge is 0.322 e. The van der Waals surface area contributed by atoms with Gasteiger partial charge in [-0.15, -0.1) is 11.3 Å². The molecule has 0 aliphatic heterocycles. The van der Waals surface area contributed by atoms with Gasteiger partial charge in [-0.25, -0.2) is 9.37 Å². The van der Waals surface area contributed by atoms with Gasteiger partial charge in [0, 0.05) is 0 Å². The molecule has 5 heteroatoms. The lowest BCUT2D eigenvalue weighted by Crippen LogP contribution is -2.13. The minimum Gasteiger partial charge on any atom is -0.322 e. The number of hydrogen-bond donors (Lipinski definition) is 1. The number of aromatic nitrogens is 1. The molecule has 1 unspecified atom stereocenters. The van der Waals surface area contributed by atoms with Crippen LogP contribution in [0, 0.1) is 17.1 Å². The maximum Gasteiger partial charge on any atom is 0.140 e. The molecule has 0 spiro atoms. The summed E-state index contributed by atoms with van der Waals surface area (Å²) < 4.78 is 14.4. The van der Waals surface area contributed by atoms with Gasteiger partial charge < -0.3 is 5.73 Å². The van der Waals surface area contributed by atoms with Crippen molar-refractivity contribution in [3.05, 3.63) is 64.4 Å². The smallest absolute Gasteiger partial charge is 0.140 e. The Morgan fingerprint density at radius 1 is 1.29 bits per heavy atom. The number of para-hydroxylation sites is 1. The number of nitrogens with zero attached hydrogens (tertiary/aromatic N) is 2. The molecule has 1 heterocycles. The first-order valence-electron chi connectivity index (χ1n) is 6.47. The van der Waals surface area contributed by atoms with Crippen LogP contribution in [-0.2, 0) is 6.42 Å². The molecule has 0 bridgehead atoms. The first kappa shape index (κ1) is 13.7. The van der Waals surface area contributed by atoms with Crippen molar-refractivity contribution in [3.63, 3.8) is 0 Å². The van der Waals surface area contributed by atoms with Crippen LogP contribution in [0.4, 0.5) is 4.39 Å². The molecule has 2 aromatic carbocycles. The fraction of sp³-hybridized carbons (Fsp3) is 0.125. The Kier molecular flexibility index (Phi) is 3.65. The van der Waals surface area contributed by atoms with Crippen molar-refractivity contribution < 1.29 is 4.39 Å². The van der Waals surface area contributed by atoms with E-state index in [4.69, 9.17) is 11.0 Å². The van der Waals surface area contributed by atoms with Crippen LogP contribution in [0.25, 0.3) is 10.2 Å². The standard InChI is InChI=1S/C16H12FN3S/c17-12-6-5-10(7-11(12)9-18)8-13(19)16-20-14-3-1-2-4-15(14)21-16/h1-7,13H,8,19H2. The summed E-state index contributed by atoms with van der Waals surface area (Å²) in [7, 11) is 0. The fourth-order valence-corrected chi connectivity index (χ4v) is 3.14. The SMILES string of the molecule is N#Cc1cc(CC(N)c2nc3ccccc3s2)ccc1F. The first-order chi connectivity index (χ1) is 10.2. The van der Waals surface area contributed by atoms with Crippen molar-refractivity contribution in [2.75, 3.05) is 0 Å². The van der Waals surface area contributed by atoms with E-state index in [1.807, 2.05) is 30.3 Å². The maximum absolute atomic E-state index is 13.3. The summed E-state index contributed by atoms with van der Waals surface area (Å²) in [6, 6.07) is 14.0. The van der Waals surface area contributed by atoms with Crippen molar-refractivity contribution in [1.82, 2.24) is 4.98 Å². The third-order valence-electron chi connectivity index (χ3n) is 3.23. The van der Waals surface area contributed by atoms with E-state index >= 15 is 0 Å². The van der Waals surface area contributed by atoms with Crippen LogP contribution < -0.4 is 5.73 Å². The van der Waals surface area contributed by atoms with E-state index in [0.29, 0.717) is 6.42 Å². The maximum atomic E-state index is 13.3. The lowest BCUT2D eigenvalue weighted by atomic mass is 10.0. The minimum absolute atomic E-state index is 0.0454. The zero-order valence-electron chi connectivity index (χ0n) is 11.1. The van der Waals surface area contributed by atoms with Crippen LogP contribution in [0.15, 0.2) is 42.5 Å². The number of thiazole rings is 1. The zero-order chi connectivity index (χ0) is 14.8. The van der Waals surface area contributed by atoms with Gasteiger partial charge in [0.1, 0.15) is 16.9 Å². The Morgan fingerprint density at radius 2 is 2.10 bits per heavy atom. The predicted molar refractivity (Wildman–Crippen MR) is 81.4 cm³/mol. The lowest BCUT2D eigenvalue weighted by molar-refractivity contribution is 0.621. The van der Waals surface area contributed by atoms with Crippen LogP contribution in [0.2, 0.25) is 0 Å². The zero-order valence-corrected chi connectivity index (χ0v) is 11.9. The highest BCUT2D eigenvalue weighted by Gasteiger charge is 2.13. The molecule has 0 saturated carbocycles. The van der Waals surface area contributed by atoms with Crippen molar-refractivity contribution in [2.45, 2.75) is 12.5 Å². The highest BCUT2D eigenvalue weighted by atomic mass is 32.1. The summed E-state index contributed by atoms with van der Waals surface area (Å²) in [5, 5.41) is 9.70. The van der Waals surface area contributed by atoms with E-state index in [1.165, 1.54) is 6.07 Å². The Bertz CT molecular complexity index is 802. The molecule has 21 heavy (non-hydrogen) atoms. The molecule has 3 nitrogen and oxygen atoms in total. The Morgan fingerprint density at radius 3 is 2.86 bits per heavy atom. The molecule has 1 aromatic heterocycles.